The maximum Gasteiger partial charge on any atom is 0.324 e. The summed E-state index contributed by atoms with van der Waals surface area (Å²) in [6, 6.07) is 0.187. The zero-order chi connectivity index (χ0) is 12.1. The smallest absolute Gasteiger partial charge is 0.324 e. The van der Waals surface area contributed by atoms with Gasteiger partial charge in [-0.25, -0.2) is 0 Å². The van der Waals surface area contributed by atoms with Gasteiger partial charge in [0.2, 0.25) is 0 Å². The fourth-order valence-electron chi connectivity index (χ4n) is 2.47. The van der Waals surface area contributed by atoms with Gasteiger partial charge in [-0.3, -0.25) is 9.69 Å². The van der Waals surface area contributed by atoms with Gasteiger partial charge in [0, 0.05) is 12.6 Å². The van der Waals surface area contributed by atoms with E-state index in [-0.39, 0.29) is 12.0 Å². The summed E-state index contributed by atoms with van der Waals surface area (Å²) in [6.07, 6.45) is 4.80. The zero-order valence-corrected chi connectivity index (χ0v) is 10.6. The van der Waals surface area contributed by atoms with E-state index in [9.17, 15) is 4.79 Å². The van der Waals surface area contributed by atoms with Crippen LogP contribution in [0.4, 0.5) is 0 Å². The summed E-state index contributed by atoms with van der Waals surface area (Å²) in [7, 11) is 3.40. The third-order valence-corrected chi connectivity index (χ3v) is 3.75. The Balaban J connectivity index is 2.54. The minimum absolute atomic E-state index is 0.219. The first-order valence-electron chi connectivity index (χ1n) is 6.10. The van der Waals surface area contributed by atoms with E-state index in [1.807, 2.05) is 7.05 Å². The lowest BCUT2D eigenvalue weighted by atomic mass is 9.86. The van der Waals surface area contributed by atoms with E-state index >= 15 is 0 Å². The van der Waals surface area contributed by atoms with Crippen LogP contribution in [0.3, 0.4) is 0 Å². The van der Waals surface area contributed by atoms with Crippen molar-refractivity contribution >= 4 is 5.97 Å². The molecule has 0 aromatic rings. The Morgan fingerprint density at radius 3 is 2.44 bits per heavy atom. The third kappa shape index (κ3) is 3.19. The minimum atomic E-state index is -0.289. The molecule has 0 saturated heterocycles. The van der Waals surface area contributed by atoms with Crippen LogP contribution in [0.2, 0.25) is 0 Å². The molecule has 0 aromatic carbocycles. The van der Waals surface area contributed by atoms with Gasteiger partial charge in [-0.2, -0.15) is 0 Å². The minimum Gasteiger partial charge on any atom is -0.468 e. The van der Waals surface area contributed by atoms with Gasteiger partial charge in [-0.15, -0.1) is 0 Å². The third-order valence-electron chi connectivity index (χ3n) is 3.75. The van der Waals surface area contributed by atoms with Crippen molar-refractivity contribution in [2.45, 2.75) is 44.7 Å². The molecule has 0 amide bonds. The molecule has 1 aliphatic rings. The predicted molar refractivity (Wildman–Crippen MR) is 64.0 cm³/mol. The molecule has 2 N–H and O–H groups in total. The summed E-state index contributed by atoms with van der Waals surface area (Å²) in [5.41, 5.74) is 5.64. The second-order valence-corrected chi connectivity index (χ2v) is 4.85. The SMILES string of the molecule is COC(=O)C(CN)N(C)C1CCC(C)CC1. The molecule has 0 aliphatic heterocycles. The molecule has 0 bridgehead atoms. The molecule has 0 radical (unpaired) electrons. The van der Waals surface area contributed by atoms with Gasteiger partial charge in [0.05, 0.1) is 7.11 Å². The Kier molecular flexibility index (Phi) is 5.22. The number of hydrogen-bond donors (Lipinski definition) is 1. The molecule has 0 aromatic heterocycles. The molecule has 94 valence electrons. The van der Waals surface area contributed by atoms with Crippen LogP contribution < -0.4 is 5.73 Å². The molecule has 0 heterocycles. The molecule has 1 fully saturated rings. The second kappa shape index (κ2) is 6.21. The molecule has 1 unspecified atom stereocenters. The van der Waals surface area contributed by atoms with Gasteiger partial charge in [0.25, 0.3) is 0 Å². The van der Waals surface area contributed by atoms with Gasteiger partial charge >= 0.3 is 5.97 Å². The normalized spacial score (nSPS) is 27.8. The van der Waals surface area contributed by atoms with Crippen LogP contribution in [0.1, 0.15) is 32.6 Å². The Morgan fingerprint density at radius 2 is 2.00 bits per heavy atom. The fraction of sp³-hybridized carbons (Fsp3) is 0.917. The van der Waals surface area contributed by atoms with Crippen molar-refractivity contribution in [3.8, 4) is 0 Å². The molecule has 0 spiro atoms. The maximum absolute atomic E-state index is 11.5. The zero-order valence-electron chi connectivity index (χ0n) is 10.6. The lowest BCUT2D eigenvalue weighted by Gasteiger charge is -2.36. The summed E-state index contributed by atoms with van der Waals surface area (Å²) in [4.78, 5) is 13.6. The van der Waals surface area contributed by atoms with E-state index < -0.39 is 0 Å². The van der Waals surface area contributed by atoms with Crippen molar-refractivity contribution in [2.75, 3.05) is 20.7 Å². The number of esters is 1. The van der Waals surface area contributed by atoms with Crippen LogP contribution in [0.25, 0.3) is 0 Å². The number of carbonyl (C=O) groups is 1. The van der Waals surface area contributed by atoms with Crippen LogP contribution in [-0.2, 0) is 9.53 Å². The summed E-state index contributed by atoms with van der Waals surface area (Å²) in [5.74, 6) is 0.600. The van der Waals surface area contributed by atoms with Gasteiger partial charge in [-0.05, 0) is 38.6 Å². The lowest BCUT2D eigenvalue weighted by Crippen LogP contribution is -2.50. The number of likely N-dealkylation sites (N-methyl/N-ethyl adjacent to an activating group) is 1. The molecule has 1 rings (SSSR count). The van der Waals surface area contributed by atoms with Crippen LogP contribution in [0.15, 0.2) is 0 Å². The monoisotopic (exact) mass is 228 g/mol. The summed E-state index contributed by atoms with van der Waals surface area (Å²) in [5, 5.41) is 0. The summed E-state index contributed by atoms with van der Waals surface area (Å²) < 4.78 is 4.78. The van der Waals surface area contributed by atoms with Crippen molar-refractivity contribution in [1.82, 2.24) is 4.90 Å². The number of methoxy groups -OCH3 is 1. The summed E-state index contributed by atoms with van der Waals surface area (Å²) in [6.45, 7) is 2.62. The van der Waals surface area contributed by atoms with Gasteiger partial charge in [0.15, 0.2) is 0 Å². The second-order valence-electron chi connectivity index (χ2n) is 4.85. The van der Waals surface area contributed by atoms with Crippen molar-refractivity contribution < 1.29 is 9.53 Å². The van der Waals surface area contributed by atoms with Crippen LogP contribution in [0.5, 0.6) is 0 Å². The standard InChI is InChI=1S/C12H24N2O2/c1-9-4-6-10(7-5-9)14(2)11(8-13)12(15)16-3/h9-11H,4-8,13H2,1-3H3. The highest BCUT2D eigenvalue weighted by atomic mass is 16.5. The number of ether oxygens (including phenoxy) is 1. The molecule has 4 nitrogen and oxygen atoms in total. The highest BCUT2D eigenvalue weighted by molar-refractivity contribution is 5.75. The number of carbonyl (C=O) groups excluding carboxylic acids is 1. The molecule has 4 heteroatoms. The molecule has 16 heavy (non-hydrogen) atoms. The van der Waals surface area contributed by atoms with E-state index in [0.717, 1.165) is 18.8 Å². The fourth-order valence-corrected chi connectivity index (χ4v) is 2.47. The lowest BCUT2D eigenvalue weighted by molar-refractivity contribution is -0.147. The van der Waals surface area contributed by atoms with Crippen LogP contribution >= 0.6 is 0 Å². The van der Waals surface area contributed by atoms with E-state index in [1.54, 1.807) is 0 Å². The Hall–Kier alpha value is -0.610. The highest BCUT2D eigenvalue weighted by Gasteiger charge is 2.30. The van der Waals surface area contributed by atoms with Gasteiger partial charge < -0.3 is 10.5 Å². The van der Waals surface area contributed by atoms with Gasteiger partial charge in [0.1, 0.15) is 6.04 Å². The molecular formula is C12H24N2O2. The van der Waals surface area contributed by atoms with E-state index in [1.165, 1.54) is 20.0 Å². The number of nitrogens with two attached hydrogens (primary N) is 1. The Morgan fingerprint density at radius 1 is 1.44 bits per heavy atom. The molecular weight excluding hydrogens is 204 g/mol. The predicted octanol–water partition coefficient (Wildman–Crippen LogP) is 0.997. The van der Waals surface area contributed by atoms with Crippen molar-refractivity contribution in [1.29, 1.82) is 0 Å². The van der Waals surface area contributed by atoms with E-state index in [4.69, 9.17) is 10.5 Å². The average molecular weight is 228 g/mol. The number of hydrogen-bond acceptors (Lipinski definition) is 4. The molecule has 1 saturated carbocycles. The molecule has 1 aliphatic carbocycles. The first-order valence-corrected chi connectivity index (χ1v) is 6.10. The largest absolute Gasteiger partial charge is 0.468 e. The van der Waals surface area contributed by atoms with Crippen LogP contribution in [0, 0.1) is 5.92 Å². The van der Waals surface area contributed by atoms with Crippen molar-refractivity contribution in [2.24, 2.45) is 11.7 Å². The molecule has 1 atom stereocenters. The topological polar surface area (TPSA) is 55.6 Å². The number of rotatable bonds is 4. The first-order chi connectivity index (χ1) is 7.60. The first kappa shape index (κ1) is 13.5. The van der Waals surface area contributed by atoms with Gasteiger partial charge in [-0.1, -0.05) is 6.92 Å². The highest BCUT2D eigenvalue weighted by Crippen LogP contribution is 2.27. The Bertz CT molecular complexity index is 225. The van der Waals surface area contributed by atoms with E-state index in [0.29, 0.717) is 12.6 Å². The van der Waals surface area contributed by atoms with E-state index in [2.05, 4.69) is 11.8 Å². The van der Waals surface area contributed by atoms with Crippen LogP contribution in [-0.4, -0.2) is 43.7 Å². The van der Waals surface area contributed by atoms with Crippen molar-refractivity contribution in [3.05, 3.63) is 0 Å². The Labute approximate surface area is 98.1 Å². The summed E-state index contributed by atoms with van der Waals surface area (Å²) >= 11 is 0. The quantitative estimate of drug-likeness (QED) is 0.729. The van der Waals surface area contributed by atoms with Crippen molar-refractivity contribution in [3.63, 3.8) is 0 Å². The maximum atomic E-state index is 11.5. The average Bonchev–Trinajstić information content (AvgIpc) is 2.30. The number of nitrogens with zero attached hydrogens (tertiary/aromatic N) is 1.